The number of nitrogens with zero attached hydrogens (tertiary/aromatic N) is 2. The van der Waals surface area contributed by atoms with Gasteiger partial charge in [0.1, 0.15) is 12.8 Å². The van der Waals surface area contributed by atoms with Crippen LogP contribution in [0.3, 0.4) is 0 Å². The molecule has 6 heteroatoms. The van der Waals surface area contributed by atoms with E-state index < -0.39 is 0 Å². The van der Waals surface area contributed by atoms with E-state index >= 15 is 0 Å². The largest absolute Gasteiger partial charge is 0.399 e. The summed E-state index contributed by atoms with van der Waals surface area (Å²) in [6.07, 6.45) is 0.481. The van der Waals surface area contributed by atoms with E-state index in [1.54, 1.807) is 11.8 Å². The summed E-state index contributed by atoms with van der Waals surface area (Å²) in [4.78, 5) is 33.4. The molecular weight excluding hydrogens is 528 g/mol. The predicted molar refractivity (Wildman–Crippen MR) is 170 cm³/mol. The zero-order valence-corrected chi connectivity index (χ0v) is 25.0. The Labute approximate surface area is 245 Å². The first-order valence-corrected chi connectivity index (χ1v) is 14.8. The normalized spacial score (nSPS) is 11.8. The van der Waals surface area contributed by atoms with Crippen LogP contribution in [-0.4, -0.2) is 34.7 Å². The fourth-order valence-corrected chi connectivity index (χ4v) is 6.56. The molecule has 0 amide bonds. The van der Waals surface area contributed by atoms with Crippen molar-refractivity contribution in [3.05, 3.63) is 112 Å². The summed E-state index contributed by atoms with van der Waals surface area (Å²) in [6, 6.07) is 25.5. The lowest BCUT2D eigenvalue weighted by atomic mass is 9.97. The number of aryl methyl sites for hydroxylation is 4. The predicted octanol–water partition coefficient (Wildman–Crippen LogP) is 8.34. The van der Waals surface area contributed by atoms with Crippen LogP contribution in [0.15, 0.2) is 88.9 Å². The molecule has 0 spiro atoms. The van der Waals surface area contributed by atoms with Crippen molar-refractivity contribution in [2.75, 3.05) is 12.9 Å². The van der Waals surface area contributed by atoms with E-state index in [1.165, 1.54) is 23.1 Å². The molecule has 208 valence electrons. The van der Waals surface area contributed by atoms with Crippen LogP contribution in [-0.2, 0) is 11.4 Å². The maximum Gasteiger partial charge on any atom is 0.210 e. The van der Waals surface area contributed by atoms with Crippen molar-refractivity contribution in [2.45, 2.75) is 45.6 Å². The molecule has 0 unspecified atom stereocenters. The van der Waals surface area contributed by atoms with Gasteiger partial charge in [-0.25, -0.2) is 0 Å². The third kappa shape index (κ3) is 5.57. The molecule has 0 N–H and O–H groups in total. The van der Waals surface area contributed by atoms with Crippen molar-refractivity contribution in [3.8, 4) is 0 Å². The number of aromatic nitrogens is 1. The minimum atomic E-state index is -0.152. The Morgan fingerprint density at radius 1 is 0.805 bits per heavy atom. The molecule has 5 rings (SSSR count). The highest BCUT2D eigenvalue weighted by Crippen LogP contribution is 2.32. The lowest BCUT2D eigenvalue weighted by Crippen LogP contribution is -2.16. The van der Waals surface area contributed by atoms with Gasteiger partial charge in [-0.3, -0.25) is 9.59 Å². The van der Waals surface area contributed by atoms with Crippen LogP contribution >= 0.6 is 11.8 Å². The summed E-state index contributed by atoms with van der Waals surface area (Å²) >= 11 is 1.73. The number of oxime groups is 1. The number of fused-ring (bicyclic) bond motifs is 3. The van der Waals surface area contributed by atoms with Gasteiger partial charge in [0, 0.05) is 62.1 Å². The number of ketones is 2. The Morgan fingerprint density at radius 3 is 2.05 bits per heavy atom. The van der Waals surface area contributed by atoms with Gasteiger partial charge < -0.3 is 9.40 Å². The summed E-state index contributed by atoms with van der Waals surface area (Å²) in [5, 5.41) is 6.01. The summed E-state index contributed by atoms with van der Waals surface area (Å²) in [5.41, 5.74) is 7.72. The highest BCUT2D eigenvalue weighted by atomic mass is 32.2. The Morgan fingerprint density at radius 2 is 1.41 bits per heavy atom. The molecule has 1 heterocycles. The average molecular weight is 563 g/mol. The third-order valence-corrected chi connectivity index (χ3v) is 8.89. The van der Waals surface area contributed by atoms with Crippen molar-refractivity contribution < 1.29 is 14.4 Å². The molecule has 1 aromatic heterocycles. The van der Waals surface area contributed by atoms with Crippen molar-refractivity contribution in [1.29, 1.82) is 0 Å². The van der Waals surface area contributed by atoms with Gasteiger partial charge in [0.2, 0.25) is 5.78 Å². The van der Waals surface area contributed by atoms with E-state index in [4.69, 9.17) is 4.84 Å². The van der Waals surface area contributed by atoms with Gasteiger partial charge in [-0.1, -0.05) is 47.6 Å². The van der Waals surface area contributed by atoms with Gasteiger partial charge in [-0.05, 0) is 80.8 Å². The summed E-state index contributed by atoms with van der Waals surface area (Å²) in [7, 11) is 1.47. The second-order valence-corrected chi connectivity index (χ2v) is 11.3. The molecule has 5 nitrogen and oxygen atoms in total. The van der Waals surface area contributed by atoms with E-state index in [9.17, 15) is 9.59 Å². The van der Waals surface area contributed by atoms with Gasteiger partial charge in [0.05, 0.1) is 0 Å². The number of carbonyl (C=O) groups excluding carboxylic acids is 2. The summed E-state index contributed by atoms with van der Waals surface area (Å²) in [6.45, 7) is 9.03. The quantitative estimate of drug-likeness (QED) is 0.0743. The van der Waals surface area contributed by atoms with Crippen LogP contribution in [0, 0.1) is 20.8 Å². The minimum absolute atomic E-state index is 0.00877. The second-order valence-electron chi connectivity index (χ2n) is 10.2. The smallest absolute Gasteiger partial charge is 0.210 e. The van der Waals surface area contributed by atoms with Gasteiger partial charge >= 0.3 is 0 Å². The third-order valence-electron chi connectivity index (χ3n) is 7.55. The maximum atomic E-state index is 13.7. The Bertz CT molecular complexity index is 1800. The molecule has 0 bridgehead atoms. The number of hydrogen-bond acceptors (Lipinski definition) is 5. The molecule has 0 saturated heterocycles. The maximum absolute atomic E-state index is 13.7. The van der Waals surface area contributed by atoms with Gasteiger partial charge in [-0.2, -0.15) is 0 Å². The zero-order chi connectivity index (χ0) is 29.1. The van der Waals surface area contributed by atoms with E-state index in [0.29, 0.717) is 34.6 Å². The van der Waals surface area contributed by atoms with E-state index in [-0.39, 0.29) is 11.6 Å². The first-order chi connectivity index (χ1) is 19.8. The van der Waals surface area contributed by atoms with Crippen LogP contribution in [0.5, 0.6) is 0 Å². The topological polar surface area (TPSA) is 60.7 Å². The summed E-state index contributed by atoms with van der Waals surface area (Å²) < 4.78 is 2.21. The second kappa shape index (κ2) is 12.1. The first kappa shape index (κ1) is 28.4. The Balaban J connectivity index is 1.49. The van der Waals surface area contributed by atoms with E-state index in [2.05, 4.69) is 48.7 Å². The molecule has 41 heavy (non-hydrogen) atoms. The molecule has 0 fully saturated rings. The molecule has 0 aliphatic heterocycles. The lowest BCUT2D eigenvalue weighted by molar-refractivity contribution is 0.103. The SMILES string of the molecule is CCn1c2ccc(C(=O)/C(CCSc3c(C)cccc3C)=N/OC)cc2c2cc(C(=O)c3ccccc3C)ccc21. The van der Waals surface area contributed by atoms with E-state index in [1.807, 2.05) is 67.6 Å². The monoisotopic (exact) mass is 562 g/mol. The molecular formula is C35H34N2O3S. The van der Waals surface area contributed by atoms with Gasteiger partial charge in [0.15, 0.2) is 5.78 Å². The van der Waals surface area contributed by atoms with Crippen molar-refractivity contribution in [2.24, 2.45) is 5.16 Å². The Kier molecular flexibility index (Phi) is 8.41. The highest BCUT2D eigenvalue weighted by molar-refractivity contribution is 7.99. The van der Waals surface area contributed by atoms with Crippen LogP contribution in [0.2, 0.25) is 0 Å². The number of hydrogen-bond donors (Lipinski definition) is 0. The van der Waals surface area contributed by atoms with Crippen molar-refractivity contribution in [1.82, 2.24) is 4.57 Å². The fraction of sp³-hybridized carbons (Fsp3) is 0.229. The zero-order valence-electron chi connectivity index (χ0n) is 24.2. The Hall–Kier alpha value is -4.16. The number of benzene rings is 4. The molecule has 0 aliphatic carbocycles. The van der Waals surface area contributed by atoms with Crippen molar-refractivity contribution in [3.63, 3.8) is 0 Å². The molecule has 0 aliphatic rings. The van der Waals surface area contributed by atoms with Crippen LogP contribution in [0.1, 0.15) is 56.3 Å². The van der Waals surface area contributed by atoms with Crippen molar-refractivity contribution >= 4 is 50.8 Å². The van der Waals surface area contributed by atoms with Crippen LogP contribution < -0.4 is 0 Å². The standard InChI is InChI=1S/C35H34N2O3S/c1-6-37-31-16-14-25(33(38)27-13-8-7-10-22(27)2)20-28(31)29-21-26(15-17-32(29)37)34(39)30(36-40-5)18-19-41-35-23(3)11-9-12-24(35)4/h7-17,20-21H,6,18-19H2,1-5H3/b36-30+. The molecule has 5 aromatic rings. The summed E-state index contributed by atoms with van der Waals surface area (Å²) in [5.74, 6) is 0.549. The van der Waals surface area contributed by atoms with Gasteiger partial charge in [0.25, 0.3) is 0 Å². The minimum Gasteiger partial charge on any atom is -0.399 e. The number of rotatable bonds is 10. The van der Waals surface area contributed by atoms with Gasteiger partial charge in [-0.15, -0.1) is 11.8 Å². The average Bonchev–Trinajstić information content (AvgIpc) is 3.29. The fourth-order valence-electron chi connectivity index (χ4n) is 5.46. The van der Waals surface area contributed by atoms with Crippen LogP contribution in [0.4, 0.5) is 0 Å². The van der Waals surface area contributed by atoms with Crippen LogP contribution in [0.25, 0.3) is 21.8 Å². The number of Topliss-reactive ketones (excluding diaryl/α,β-unsaturated/α-hetero) is 1. The molecule has 0 saturated carbocycles. The highest BCUT2D eigenvalue weighted by Gasteiger charge is 2.20. The molecule has 4 aromatic carbocycles. The molecule has 0 atom stereocenters. The van der Waals surface area contributed by atoms with E-state index in [0.717, 1.165) is 33.9 Å². The lowest BCUT2D eigenvalue weighted by Gasteiger charge is -2.10. The number of thioether (sulfide) groups is 1. The molecule has 0 radical (unpaired) electrons. The number of carbonyl (C=O) groups is 2. The first-order valence-electron chi connectivity index (χ1n) is 13.8.